The molecule has 3 nitrogen and oxygen atoms in total. The fourth-order valence-corrected chi connectivity index (χ4v) is 5.52. The molecule has 0 aliphatic heterocycles. The number of hydrogen-bond donors (Lipinski definition) is 1. The second-order valence-corrected chi connectivity index (χ2v) is 9.55. The van der Waals surface area contributed by atoms with Gasteiger partial charge in [0.15, 0.2) is 0 Å². The van der Waals surface area contributed by atoms with Gasteiger partial charge in [-0.3, -0.25) is 0 Å². The van der Waals surface area contributed by atoms with E-state index in [0.29, 0.717) is 5.92 Å². The summed E-state index contributed by atoms with van der Waals surface area (Å²) in [5, 5.41) is 1.17. The lowest BCUT2D eigenvalue weighted by atomic mass is 10.0. The Hall–Kier alpha value is -1.18. The second-order valence-electron chi connectivity index (χ2n) is 7.19. The minimum atomic E-state index is 0.185. The van der Waals surface area contributed by atoms with Crippen molar-refractivity contribution < 1.29 is 4.74 Å². The Morgan fingerprint density at radius 2 is 2.19 bits per heavy atom. The van der Waals surface area contributed by atoms with E-state index < -0.39 is 0 Å². The fraction of sp³-hybridized carbons (Fsp3) is 0.381. The number of nitrogens with two attached hydrogens (primary N) is 1. The molecule has 2 aliphatic rings. The van der Waals surface area contributed by atoms with Gasteiger partial charge in [0.1, 0.15) is 10.8 Å². The molecule has 2 atom stereocenters. The van der Waals surface area contributed by atoms with Gasteiger partial charge in [-0.15, -0.1) is 11.3 Å². The molecule has 2 aromatic rings. The van der Waals surface area contributed by atoms with Gasteiger partial charge >= 0.3 is 0 Å². The Morgan fingerprint density at radius 1 is 1.35 bits per heavy atom. The van der Waals surface area contributed by atoms with Gasteiger partial charge < -0.3 is 10.5 Å². The molecule has 26 heavy (non-hydrogen) atoms. The van der Waals surface area contributed by atoms with E-state index in [1.54, 1.807) is 11.3 Å². The van der Waals surface area contributed by atoms with Gasteiger partial charge in [-0.05, 0) is 78.5 Å². The summed E-state index contributed by atoms with van der Waals surface area (Å²) in [6, 6.07) is 6.69. The number of aromatic nitrogens is 1. The van der Waals surface area contributed by atoms with Gasteiger partial charge in [0.05, 0.1) is 11.0 Å². The molecule has 0 fully saturated rings. The van der Waals surface area contributed by atoms with Crippen LogP contribution in [0.3, 0.4) is 0 Å². The third-order valence-electron chi connectivity index (χ3n) is 4.93. The van der Waals surface area contributed by atoms with E-state index >= 15 is 0 Å². The number of halogens is 1. The monoisotopic (exact) mass is 478 g/mol. The highest BCUT2D eigenvalue weighted by Gasteiger charge is 2.24. The number of thiazole rings is 1. The lowest BCUT2D eigenvalue weighted by Crippen LogP contribution is -2.07. The summed E-state index contributed by atoms with van der Waals surface area (Å²) in [4.78, 5) is 6.00. The van der Waals surface area contributed by atoms with Crippen molar-refractivity contribution in [3.05, 3.63) is 62.0 Å². The summed E-state index contributed by atoms with van der Waals surface area (Å²) in [6.45, 7) is 4.13. The van der Waals surface area contributed by atoms with Gasteiger partial charge in [-0.2, -0.15) is 0 Å². The van der Waals surface area contributed by atoms with Gasteiger partial charge in [-0.25, -0.2) is 4.98 Å². The summed E-state index contributed by atoms with van der Waals surface area (Å²) < 4.78 is 7.15. The minimum absolute atomic E-state index is 0.185. The van der Waals surface area contributed by atoms with Crippen molar-refractivity contribution in [3.63, 3.8) is 0 Å². The van der Waals surface area contributed by atoms with Crippen LogP contribution < -0.4 is 5.73 Å². The molecule has 0 amide bonds. The van der Waals surface area contributed by atoms with Crippen LogP contribution in [-0.4, -0.2) is 11.1 Å². The molecule has 5 heteroatoms. The molecule has 1 aromatic carbocycles. The highest BCUT2D eigenvalue weighted by Crippen LogP contribution is 2.42. The molecule has 2 N–H and O–H groups in total. The molecule has 0 bridgehead atoms. The number of fused-ring (bicyclic) bond motifs is 1. The first-order valence-electron chi connectivity index (χ1n) is 9.10. The van der Waals surface area contributed by atoms with Crippen molar-refractivity contribution in [2.75, 3.05) is 0 Å². The minimum Gasteiger partial charge on any atom is -0.490 e. The number of hydrogen-bond acceptors (Lipinski definition) is 4. The van der Waals surface area contributed by atoms with Crippen LogP contribution in [0.25, 0.3) is 10.4 Å². The van der Waals surface area contributed by atoms with Crippen molar-refractivity contribution in [1.82, 2.24) is 4.98 Å². The van der Waals surface area contributed by atoms with Crippen molar-refractivity contribution in [2.45, 2.75) is 51.2 Å². The molecule has 0 spiro atoms. The fourth-order valence-electron chi connectivity index (χ4n) is 3.68. The molecule has 2 unspecified atom stereocenters. The smallest absolute Gasteiger partial charge is 0.128 e. The van der Waals surface area contributed by atoms with Crippen molar-refractivity contribution >= 4 is 33.9 Å². The van der Waals surface area contributed by atoms with Gasteiger partial charge in [-0.1, -0.05) is 24.3 Å². The zero-order valence-electron chi connectivity index (χ0n) is 15.0. The van der Waals surface area contributed by atoms with E-state index in [1.807, 2.05) is 6.20 Å². The Morgan fingerprint density at radius 3 is 2.96 bits per heavy atom. The van der Waals surface area contributed by atoms with E-state index in [0.717, 1.165) is 25.0 Å². The molecule has 4 rings (SSSR count). The highest BCUT2D eigenvalue weighted by molar-refractivity contribution is 14.1. The van der Waals surface area contributed by atoms with Crippen molar-refractivity contribution in [1.29, 1.82) is 0 Å². The molecule has 2 aliphatic carbocycles. The topological polar surface area (TPSA) is 48.1 Å². The predicted octanol–water partition coefficient (Wildman–Crippen LogP) is 5.87. The summed E-state index contributed by atoms with van der Waals surface area (Å²) in [5.74, 6) is 1.34. The van der Waals surface area contributed by atoms with Crippen LogP contribution in [0.4, 0.5) is 0 Å². The molecular formula is C21H23IN2OS. The third-order valence-corrected chi connectivity index (χ3v) is 7.07. The first-order valence-corrected chi connectivity index (χ1v) is 11.0. The lowest BCUT2D eigenvalue weighted by molar-refractivity contribution is 0.155. The average Bonchev–Trinajstić information content (AvgIpc) is 3.24. The maximum Gasteiger partial charge on any atom is 0.128 e. The molecule has 0 radical (unpaired) electrons. The third kappa shape index (κ3) is 3.49. The van der Waals surface area contributed by atoms with E-state index in [-0.39, 0.29) is 12.1 Å². The number of ether oxygens (including phenoxy) is 1. The molecule has 136 valence electrons. The molecule has 0 saturated carbocycles. The molecular weight excluding hydrogens is 455 g/mol. The molecule has 1 heterocycles. The Kier molecular flexibility index (Phi) is 5.21. The van der Waals surface area contributed by atoms with Gasteiger partial charge in [0.2, 0.25) is 0 Å². The Balaban J connectivity index is 1.57. The Bertz CT molecular complexity index is 884. The van der Waals surface area contributed by atoms with Crippen LogP contribution in [-0.2, 0) is 11.2 Å². The van der Waals surface area contributed by atoms with E-state index in [1.165, 1.54) is 30.2 Å². The van der Waals surface area contributed by atoms with Crippen LogP contribution >= 0.6 is 33.9 Å². The van der Waals surface area contributed by atoms with E-state index in [9.17, 15) is 0 Å². The first-order chi connectivity index (χ1) is 12.5. The lowest BCUT2D eigenvalue weighted by Gasteiger charge is -2.20. The van der Waals surface area contributed by atoms with Crippen molar-refractivity contribution in [3.8, 4) is 10.4 Å². The maximum atomic E-state index is 6.24. The zero-order chi connectivity index (χ0) is 18.3. The van der Waals surface area contributed by atoms with Crippen LogP contribution in [0.5, 0.6) is 0 Å². The number of benzene rings is 1. The first kappa shape index (κ1) is 18.2. The number of nitrogens with zero attached hydrogens (tertiary/aromatic N) is 1. The summed E-state index contributed by atoms with van der Waals surface area (Å²) >= 11 is 4.21. The summed E-state index contributed by atoms with van der Waals surface area (Å²) in [6.07, 6.45) is 9.65. The second kappa shape index (κ2) is 7.44. The highest BCUT2D eigenvalue weighted by atomic mass is 127. The SMILES string of the molecule is CC(C)OC1=C(I)CC(c2ncc(-c3cccc4c3CCC4N)s2)C=C1. The molecule has 1 aromatic heterocycles. The standard InChI is InChI=1S/C21H23IN2OS/c1-12(2)25-19-9-6-13(10-17(19)22)21-24-11-20(26-21)16-5-3-4-15-14(16)7-8-18(15)23/h3-6,9,11-13,18H,7-8,10,23H2,1-2H3. The van der Waals surface area contributed by atoms with Gasteiger partial charge in [0, 0.05) is 21.7 Å². The normalized spacial score (nSPS) is 22.2. The van der Waals surface area contributed by atoms with Crippen molar-refractivity contribution in [2.24, 2.45) is 5.73 Å². The number of allylic oxidation sites excluding steroid dienone is 3. The summed E-state index contributed by atoms with van der Waals surface area (Å²) in [5.41, 5.74) is 10.3. The van der Waals surface area contributed by atoms with E-state index in [4.69, 9.17) is 15.5 Å². The quantitative estimate of drug-likeness (QED) is 0.559. The van der Waals surface area contributed by atoms with Crippen LogP contribution in [0, 0.1) is 0 Å². The largest absolute Gasteiger partial charge is 0.490 e. The van der Waals surface area contributed by atoms with Crippen LogP contribution in [0.2, 0.25) is 0 Å². The zero-order valence-corrected chi connectivity index (χ0v) is 18.0. The Labute approximate surface area is 172 Å². The van der Waals surface area contributed by atoms with Crippen LogP contribution in [0.1, 0.15) is 54.8 Å². The predicted molar refractivity (Wildman–Crippen MR) is 117 cm³/mol. The average molecular weight is 478 g/mol. The summed E-state index contributed by atoms with van der Waals surface area (Å²) in [7, 11) is 0. The maximum absolute atomic E-state index is 6.24. The van der Waals surface area contributed by atoms with Crippen LogP contribution in [0.15, 0.2) is 45.9 Å². The number of rotatable bonds is 4. The van der Waals surface area contributed by atoms with Gasteiger partial charge in [0.25, 0.3) is 0 Å². The molecule has 0 saturated heterocycles. The van der Waals surface area contributed by atoms with E-state index in [2.05, 4.69) is 66.8 Å².